The van der Waals surface area contributed by atoms with E-state index in [0.29, 0.717) is 25.9 Å². The van der Waals surface area contributed by atoms with E-state index in [9.17, 15) is 19.8 Å². The van der Waals surface area contributed by atoms with Gasteiger partial charge in [-0.2, -0.15) is 0 Å². The Balaban J connectivity index is 3.35. The van der Waals surface area contributed by atoms with Crippen molar-refractivity contribution in [2.75, 3.05) is 13.2 Å². The molecule has 69 heavy (non-hydrogen) atoms. The number of aliphatic hydroxyl groups is 2. The second-order valence-electron chi connectivity index (χ2n) is 21.7. The second kappa shape index (κ2) is 59.2. The average Bonchev–Trinajstić information content (AvgIpc) is 3.35. The lowest BCUT2D eigenvalue weighted by molar-refractivity contribution is -0.143. The average molecular weight is 975 g/mol. The number of allylic oxidation sites excluding steroid dienone is 2. The zero-order chi connectivity index (χ0) is 50.0. The SMILES string of the molecule is CCCCCCCCCCCCCCCCCC(=O)OCCCCCCCCCCCCCC/C=C\CCCCCCCCCCCCC(=O)NC(CO)C(O)CCCCCCCCCCCCC. The molecule has 0 bridgehead atoms. The highest BCUT2D eigenvalue weighted by atomic mass is 16.5. The zero-order valence-corrected chi connectivity index (χ0v) is 46.8. The Morgan fingerprint density at radius 1 is 0.391 bits per heavy atom. The molecule has 0 radical (unpaired) electrons. The van der Waals surface area contributed by atoms with E-state index in [1.165, 1.54) is 283 Å². The molecule has 2 unspecified atom stereocenters. The van der Waals surface area contributed by atoms with Crippen molar-refractivity contribution in [1.29, 1.82) is 0 Å². The van der Waals surface area contributed by atoms with Crippen molar-refractivity contribution in [3.8, 4) is 0 Å². The summed E-state index contributed by atoms with van der Waals surface area (Å²) in [5.41, 5.74) is 0. The molecule has 0 saturated heterocycles. The largest absolute Gasteiger partial charge is 0.466 e. The third-order valence-corrected chi connectivity index (χ3v) is 14.8. The highest BCUT2D eigenvalue weighted by molar-refractivity contribution is 5.76. The van der Waals surface area contributed by atoms with Gasteiger partial charge in [0.1, 0.15) is 0 Å². The predicted molar refractivity (Wildman–Crippen MR) is 301 cm³/mol. The van der Waals surface area contributed by atoms with E-state index in [2.05, 4.69) is 31.3 Å². The minimum atomic E-state index is -0.663. The topological polar surface area (TPSA) is 95.9 Å². The van der Waals surface area contributed by atoms with Crippen molar-refractivity contribution in [2.24, 2.45) is 0 Å². The lowest BCUT2D eigenvalue weighted by Gasteiger charge is -2.22. The van der Waals surface area contributed by atoms with Gasteiger partial charge in [0.15, 0.2) is 0 Å². The van der Waals surface area contributed by atoms with E-state index in [1.807, 2.05) is 0 Å². The number of ether oxygens (including phenoxy) is 1. The van der Waals surface area contributed by atoms with E-state index >= 15 is 0 Å². The van der Waals surface area contributed by atoms with E-state index in [0.717, 1.165) is 38.5 Å². The van der Waals surface area contributed by atoms with E-state index in [4.69, 9.17) is 4.74 Å². The molecule has 410 valence electrons. The van der Waals surface area contributed by atoms with Crippen LogP contribution in [-0.4, -0.2) is 47.4 Å². The fourth-order valence-corrected chi connectivity index (χ4v) is 9.99. The summed E-state index contributed by atoms with van der Waals surface area (Å²) in [6.07, 6.45) is 70.9. The highest BCUT2D eigenvalue weighted by Crippen LogP contribution is 2.18. The Bertz CT molecular complexity index is 1030. The molecule has 6 nitrogen and oxygen atoms in total. The number of nitrogens with one attached hydrogen (secondary N) is 1. The number of hydrogen-bond acceptors (Lipinski definition) is 5. The molecule has 3 N–H and O–H groups in total. The maximum absolute atomic E-state index is 12.4. The number of hydrogen-bond donors (Lipinski definition) is 3. The number of unbranched alkanes of at least 4 members (excludes halogenated alkanes) is 46. The number of esters is 1. The Morgan fingerprint density at radius 2 is 0.681 bits per heavy atom. The van der Waals surface area contributed by atoms with Gasteiger partial charge < -0.3 is 20.3 Å². The Morgan fingerprint density at radius 3 is 1.03 bits per heavy atom. The third-order valence-electron chi connectivity index (χ3n) is 14.8. The lowest BCUT2D eigenvalue weighted by atomic mass is 10.0. The van der Waals surface area contributed by atoms with Crippen molar-refractivity contribution in [2.45, 2.75) is 366 Å². The molecular formula is C63H123NO5. The van der Waals surface area contributed by atoms with Crippen molar-refractivity contribution >= 4 is 11.9 Å². The number of carbonyl (C=O) groups is 2. The number of rotatable bonds is 59. The summed E-state index contributed by atoms with van der Waals surface area (Å²) >= 11 is 0. The monoisotopic (exact) mass is 974 g/mol. The molecule has 6 heteroatoms. The fourth-order valence-electron chi connectivity index (χ4n) is 9.99. The Hall–Kier alpha value is -1.40. The van der Waals surface area contributed by atoms with Gasteiger partial charge in [-0.25, -0.2) is 0 Å². The quantitative estimate of drug-likeness (QED) is 0.0321. The molecule has 0 aliphatic rings. The van der Waals surface area contributed by atoms with Gasteiger partial charge >= 0.3 is 5.97 Å². The molecule has 0 aliphatic carbocycles. The van der Waals surface area contributed by atoms with Crippen LogP contribution in [0.25, 0.3) is 0 Å². The molecule has 0 aliphatic heterocycles. The van der Waals surface area contributed by atoms with Crippen LogP contribution in [0.1, 0.15) is 354 Å². The molecule has 1 amide bonds. The first-order chi connectivity index (χ1) is 34.0. The summed E-state index contributed by atoms with van der Waals surface area (Å²) in [4.78, 5) is 24.5. The van der Waals surface area contributed by atoms with Crippen LogP contribution >= 0.6 is 0 Å². The number of aliphatic hydroxyl groups excluding tert-OH is 2. The smallest absolute Gasteiger partial charge is 0.305 e. The van der Waals surface area contributed by atoms with Crippen molar-refractivity contribution < 1.29 is 24.5 Å². The lowest BCUT2D eigenvalue weighted by Crippen LogP contribution is -2.45. The maximum Gasteiger partial charge on any atom is 0.305 e. The molecule has 0 heterocycles. The van der Waals surface area contributed by atoms with Gasteiger partial charge in [-0.1, -0.05) is 302 Å². The van der Waals surface area contributed by atoms with Gasteiger partial charge in [0.05, 0.1) is 25.4 Å². The molecule has 0 aromatic carbocycles. The Kier molecular flexibility index (Phi) is 58.0. The van der Waals surface area contributed by atoms with Crippen molar-refractivity contribution in [1.82, 2.24) is 5.32 Å². The minimum Gasteiger partial charge on any atom is -0.466 e. The fraction of sp³-hybridized carbons (Fsp3) is 0.937. The standard InChI is InChI=1S/C63H123NO5/c1-3-5-7-9-11-13-15-16-29-33-37-41-45-49-53-57-63(68)69-58-54-50-46-42-38-34-31-28-26-24-22-20-18-17-19-21-23-25-27-30-32-36-40-44-48-52-56-62(67)64-60(59-65)61(66)55-51-47-43-39-35-14-12-10-8-6-4-2/h17,19,60-61,65-66H,3-16,18,20-59H2,1-2H3,(H,64,67)/b19-17-. The van der Waals surface area contributed by atoms with Crippen LogP contribution in [0, 0.1) is 0 Å². The molecule has 2 atom stereocenters. The molecule has 0 fully saturated rings. The third kappa shape index (κ3) is 55.8. The first kappa shape index (κ1) is 67.6. The molecule has 0 spiro atoms. The summed E-state index contributed by atoms with van der Waals surface area (Å²) in [6.45, 7) is 4.97. The van der Waals surface area contributed by atoms with E-state index in [-0.39, 0.29) is 18.5 Å². The molecule has 0 rings (SSSR count). The van der Waals surface area contributed by atoms with Gasteiger partial charge in [0.25, 0.3) is 0 Å². The normalized spacial score (nSPS) is 12.6. The van der Waals surface area contributed by atoms with Crippen LogP contribution in [0.2, 0.25) is 0 Å². The van der Waals surface area contributed by atoms with Crippen molar-refractivity contribution in [3.63, 3.8) is 0 Å². The first-order valence-corrected chi connectivity index (χ1v) is 31.4. The molecule has 0 aromatic heterocycles. The van der Waals surface area contributed by atoms with Gasteiger partial charge in [0, 0.05) is 12.8 Å². The van der Waals surface area contributed by atoms with E-state index < -0.39 is 12.1 Å². The van der Waals surface area contributed by atoms with Gasteiger partial charge in [-0.15, -0.1) is 0 Å². The van der Waals surface area contributed by atoms with Crippen molar-refractivity contribution in [3.05, 3.63) is 12.2 Å². The number of amides is 1. The Labute approximate surface area is 431 Å². The second-order valence-corrected chi connectivity index (χ2v) is 21.7. The zero-order valence-electron chi connectivity index (χ0n) is 46.8. The van der Waals surface area contributed by atoms with Crippen LogP contribution in [0.3, 0.4) is 0 Å². The highest BCUT2D eigenvalue weighted by Gasteiger charge is 2.20. The summed E-state index contributed by atoms with van der Waals surface area (Å²) in [5.74, 6) is -0.0185. The molecular weight excluding hydrogens is 851 g/mol. The summed E-state index contributed by atoms with van der Waals surface area (Å²) in [6, 6.07) is -0.540. The first-order valence-electron chi connectivity index (χ1n) is 31.4. The number of carbonyl (C=O) groups excluding carboxylic acids is 2. The van der Waals surface area contributed by atoms with Crippen LogP contribution in [0.5, 0.6) is 0 Å². The van der Waals surface area contributed by atoms with Crippen LogP contribution in [0.4, 0.5) is 0 Å². The predicted octanol–water partition coefficient (Wildman–Crippen LogP) is 19.6. The van der Waals surface area contributed by atoms with Gasteiger partial charge in [-0.05, 0) is 51.4 Å². The van der Waals surface area contributed by atoms with Crippen LogP contribution in [0.15, 0.2) is 12.2 Å². The van der Waals surface area contributed by atoms with Gasteiger partial charge in [0.2, 0.25) is 5.91 Å². The molecule has 0 aromatic rings. The maximum atomic E-state index is 12.4. The van der Waals surface area contributed by atoms with Crippen LogP contribution in [-0.2, 0) is 14.3 Å². The summed E-state index contributed by atoms with van der Waals surface area (Å²) in [5, 5.41) is 23.2. The summed E-state index contributed by atoms with van der Waals surface area (Å²) < 4.78 is 5.49. The van der Waals surface area contributed by atoms with E-state index in [1.54, 1.807) is 0 Å². The minimum absolute atomic E-state index is 0.0178. The summed E-state index contributed by atoms with van der Waals surface area (Å²) in [7, 11) is 0. The van der Waals surface area contributed by atoms with Crippen LogP contribution < -0.4 is 5.32 Å². The molecule has 0 saturated carbocycles. The van der Waals surface area contributed by atoms with Gasteiger partial charge in [-0.3, -0.25) is 9.59 Å².